The molecule has 1 rings (SSSR count). The summed E-state index contributed by atoms with van der Waals surface area (Å²) >= 11 is 3.93. The van der Waals surface area contributed by atoms with Crippen molar-refractivity contribution >= 4 is 24.3 Å². The number of rotatable bonds is 6. The Kier molecular flexibility index (Phi) is 6.14. The number of primary amides is 1. The average Bonchev–Trinajstić information content (AvgIpc) is 2.43. The Morgan fingerprint density at radius 3 is 2.33 bits per heavy atom. The lowest BCUT2D eigenvalue weighted by Crippen LogP contribution is -2.61. The molecule has 8 nitrogen and oxygen atoms in total. The van der Waals surface area contributed by atoms with Crippen LogP contribution in [0.3, 0.4) is 0 Å². The summed E-state index contributed by atoms with van der Waals surface area (Å²) in [7, 11) is 0. The van der Waals surface area contributed by atoms with Gasteiger partial charge < -0.3 is 30.5 Å². The molecule has 1 aliphatic heterocycles. The van der Waals surface area contributed by atoms with Crippen LogP contribution in [0.25, 0.3) is 0 Å². The number of ether oxygens (including phenoxy) is 2. The van der Waals surface area contributed by atoms with Gasteiger partial charge in [0.15, 0.2) is 12.1 Å². The third-order valence-electron chi connectivity index (χ3n) is 3.69. The van der Waals surface area contributed by atoms with E-state index in [2.05, 4.69) is 12.6 Å². The molecule has 6 atom stereocenters. The fourth-order valence-electron chi connectivity index (χ4n) is 2.09. The van der Waals surface area contributed by atoms with E-state index in [1.165, 1.54) is 6.92 Å². The van der Waals surface area contributed by atoms with Crippen molar-refractivity contribution in [1.29, 1.82) is 0 Å². The van der Waals surface area contributed by atoms with Gasteiger partial charge in [0.2, 0.25) is 5.60 Å². The second-order valence-corrected chi connectivity index (χ2v) is 5.41. The maximum atomic E-state index is 11.7. The number of amides is 1. The van der Waals surface area contributed by atoms with Crippen molar-refractivity contribution in [3.63, 3.8) is 0 Å². The third-order valence-corrected chi connectivity index (χ3v) is 4.14. The first-order valence-electron chi connectivity index (χ1n) is 6.43. The van der Waals surface area contributed by atoms with Crippen molar-refractivity contribution in [3.8, 4) is 0 Å². The quantitative estimate of drug-likeness (QED) is 0.277. The summed E-state index contributed by atoms with van der Waals surface area (Å²) in [4.78, 5) is 23.3. The van der Waals surface area contributed by atoms with E-state index < -0.39 is 54.4 Å². The topological polar surface area (TPSA) is 139 Å². The van der Waals surface area contributed by atoms with Gasteiger partial charge in [0.05, 0.1) is 12.7 Å². The molecule has 1 saturated heterocycles. The highest BCUT2D eigenvalue weighted by Gasteiger charge is 2.50. The number of carbonyl (C=O) groups excluding carboxylic acids is 2. The minimum absolute atomic E-state index is 0.299. The van der Waals surface area contributed by atoms with E-state index in [4.69, 9.17) is 20.3 Å². The Morgan fingerprint density at radius 1 is 1.38 bits per heavy atom. The number of aliphatic hydroxyl groups is 3. The van der Waals surface area contributed by atoms with Gasteiger partial charge in [-0.2, -0.15) is 12.6 Å². The van der Waals surface area contributed by atoms with Crippen LogP contribution in [0.4, 0.5) is 0 Å². The number of thiol groups is 1. The second kappa shape index (κ2) is 7.03. The molecule has 0 bridgehead atoms. The largest absolute Gasteiger partial charge is 0.394 e. The van der Waals surface area contributed by atoms with Crippen LogP contribution in [0.5, 0.6) is 0 Å². The number of ketones is 1. The Labute approximate surface area is 127 Å². The van der Waals surface area contributed by atoms with Gasteiger partial charge in [-0.25, -0.2) is 0 Å². The molecule has 1 heterocycles. The molecule has 0 aromatic rings. The predicted octanol–water partition coefficient (Wildman–Crippen LogP) is -2.18. The van der Waals surface area contributed by atoms with E-state index in [9.17, 15) is 19.8 Å². The lowest BCUT2D eigenvalue weighted by molar-refractivity contribution is -0.299. The highest BCUT2D eigenvalue weighted by Crippen LogP contribution is 2.30. The molecule has 122 valence electrons. The monoisotopic (exact) mass is 323 g/mol. The number of hydrogen-bond acceptors (Lipinski definition) is 8. The van der Waals surface area contributed by atoms with Crippen LogP contribution in [0.15, 0.2) is 0 Å². The van der Waals surface area contributed by atoms with E-state index in [-0.39, 0.29) is 5.75 Å². The lowest BCUT2D eigenvalue weighted by Gasteiger charge is -2.43. The number of hydrogen-bond donors (Lipinski definition) is 5. The summed E-state index contributed by atoms with van der Waals surface area (Å²) in [5.74, 6) is -2.73. The first-order valence-corrected chi connectivity index (χ1v) is 7.06. The van der Waals surface area contributed by atoms with Gasteiger partial charge >= 0.3 is 0 Å². The van der Waals surface area contributed by atoms with Crippen molar-refractivity contribution in [2.24, 2.45) is 11.7 Å². The summed E-state index contributed by atoms with van der Waals surface area (Å²) in [6.45, 7) is 2.08. The molecule has 1 aliphatic rings. The molecule has 3 unspecified atom stereocenters. The zero-order valence-corrected chi connectivity index (χ0v) is 12.7. The molecular formula is C12H21NO7S. The molecule has 0 radical (unpaired) electrons. The molecule has 0 aliphatic carbocycles. The third kappa shape index (κ3) is 3.38. The van der Waals surface area contributed by atoms with Crippen LogP contribution in [0, 0.1) is 5.92 Å². The van der Waals surface area contributed by atoms with E-state index in [0.29, 0.717) is 0 Å². The van der Waals surface area contributed by atoms with E-state index in [1.54, 1.807) is 0 Å². The maximum Gasteiger partial charge on any atom is 0.258 e. The van der Waals surface area contributed by atoms with Crippen molar-refractivity contribution in [2.75, 3.05) is 12.4 Å². The molecule has 9 heteroatoms. The Balaban J connectivity index is 3.03. The van der Waals surface area contributed by atoms with Crippen molar-refractivity contribution in [1.82, 2.24) is 0 Å². The van der Waals surface area contributed by atoms with Gasteiger partial charge in [0.1, 0.15) is 12.2 Å². The molecule has 5 N–H and O–H groups in total. The summed E-state index contributed by atoms with van der Waals surface area (Å²) in [6.07, 6.45) is -4.86. The fourth-order valence-corrected chi connectivity index (χ4v) is 2.55. The first-order chi connectivity index (χ1) is 9.71. The highest BCUT2D eigenvalue weighted by atomic mass is 32.1. The van der Waals surface area contributed by atoms with E-state index in [0.717, 1.165) is 6.92 Å². The standard InChI is InChI=1S/C12H21NO7S/c1-5-8(16)9(17)7(3-14)19-10(5)20-12(4-21,6(2)15)11(13)18/h5,7-10,14,16-17,21H,3-4H2,1-2H3,(H2,13,18)/t5?,7?,8-,9+,10-,12?/m1/s1. The highest BCUT2D eigenvalue weighted by molar-refractivity contribution is 7.80. The van der Waals surface area contributed by atoms with Crippen LogP contribution in [0.2, 0.25) is 0 Å². The SMILES string of the molecule is CC(=O)C(CS)(O[C@H]1OC(CO)[C@H](O)[C@H](O)C1C)C(N)=O. The number of Topliss-reactive ketones (excluding diaryl/α,β-unsaturated/α-hetero) is 1. The summed E-state index contributed by atoms with van der Waals surface area (Å²) in [6, 6.07) is 0. The molecule has 21 heavy (non-hydrogen) atoms. The Bertz CT molecular complexity index is 389. The van der Waals surface area contributed by atoms with Crippen LogP contribution >= 0.6 is 12.6 Å². The summed E-state index contributed by atoms with van der Waals surface area (Å²) in [5, 5.41) is 28.8. The van der Waals surface area contributed by atoms with Crippen LogP contribution in [-0.2, 0) is 19.1 Å². The van der Waals surface area contributed by atoms with Gasteiger partial charge in [-0.05, 0) is 6.92 Å². The second-order valence-electron chi connectivity index (χ2n) is 5.09. The van der Waals surface area contributed by atoms with Gasteiger partial charge in [0, 0.05) is 11.7 Å². The molecule has 0 spiro atoms. The molecule has 0 aromatic carbocycles. The number of carbonyl (C=O) groups is 2. The van der Waals surface area contributed by atoms with Gasteiger partial charge in [-0.3, -0.25) is 9.59 Å². The summed E-state index contributed by atoms with van der Waals surface area (Å²) < 4.78 is 10.7. The number of nitrogens with two attached hydrogens (primary N) is 1. The zero-order valence-electron chi connectivity index (χ0n) is 11.8. The minimum Gasteiger partial charge on any atom is -0.394 e. The van der Waals surface area contributed by atoms with Crippen molar-refractivity contribution in [2.45, 2.75) is 44.1 Å². The Hall–Kier alpha value is -0.710. The molecule has 0 saturated carbocycles. The summed E-state index contributed by atoms with van der Waals surface area (Å²) in [5.41, 5.74) is 3.23. The molecule has 1 amide bonds. The van der Waals surface area contributed by atoms with Crippen molar-refractivity contribution < 1.29 is 34.4 Å². The van der Waals surface area contributed by atoms with Gasteiger partial charge in [-0.1, -0.05) is 6.92 Å². The van der Waals surface area contributed by atoms with Gasteiger partial charge in [-0.15, -0.1) is 0 Å². The van der Waals surface area contributed by atoms with Crippen LogP contribution in [0.1, 0.15) is 13.8 Å². The van der Waals surface area contributed by atoms with E-state index >= 15 is 0 Å². The first kappa shape index (κ1) is 18.3. The lowest BCUT2D eigenvalue weighted by atomic mass is 9.91. The van der Waals surface area contributed by atoms with E-state index in [1.807, 2.05) is 0 Å². The van der Waals surface area contributed by atoms with Gasteiger partial charge in [0.25, 0.3) is 5.91 Å². The minimum atomic E-state index is -2.00. The predicted molar refractivity (Wildman–Crippen MR) is 74.5 cm³/mol. The Morgan fingerprint density at radius 2 is 1.95 bits per heavy atom. The van der Waals surface area contributed by atoms with Crippen molar-refractivity contribution in [3.05, 3.63) is 0 Å². The normalized spacial score (nSPS) is 36.0. The smallest absolute Gasteiger partial charge is 0.258 e. The zero-order chi connectivity index (χ0) is 16.4. The van der Waals surface area contributed by atoms with Crippen LogP contribution < -0.4 is 5.73 Å². The fraction of sp³-hybridized carbons (Fsp3) is 0.833. The molecular weight excluding hydrogens is 302 g/mol. The average molecular weight is 323 g/mol. The van der Waals surface area contributed by atoms with Crippen LogP contribution in [-0.4, -0.2) is 69.6 Å². The maximum absolute atomic E-state index is 11.7. The number of aliphatic hydroxyl groups excluding tert-OH is 3. The molecule has 0 aromatic heterocycles. The molecule has 1 fully saturated rings.